The van der Waals surface area contributed by atoms with Crippen LogP contribution in [0.1, 0.15) is 67.5 Å². The number of unbranched alkanes of at least 4 members (excludes halogenated alkanes) is 2. The number of hydrogen-bond donors (Lipinski definition) is 0. The van der Waals surface area contributed by atoms with Crippen molar-refractivity contribution in [2.45, 2.75) is 64.7 Å². The molecule has 0 unspecified atom stereocenters. The Hall–Kier alpha value is -2.91. The molecule has 2 aliphatic rings. The first-order chi connectivity index (χ1) is 16.5. The number of nitrogens with zero attached hydrogens (tertiary/aromatic N) is 4. The van der Waals surface area contributed by atoms with Crippen LogP contribution in [0.15, 0.2) is 35.7 Å². The van der Waals surface area contributed by atoms with Gasteiger partial charge in [-0.05, 0) is 43.9 Å². The summed E-state index contributed by atoms with van der Waals surface area (Å²) in [6.07, 6.45) is 5.48. The van der Waals surface area contributed by atoms with Gasteiger partial charge in [-0.3, -0.25) is 4.98 Å². The van der Waals surface area contributed by atoms with Gasteiger partial charge < -0.3 is 19.5 Å². The molecule has 10 heteroatoms. The van der Waals surface area contributed by atoms with Gasteiger partial charge >= 0.3 is 5.97 Å². The lowest BCUT2D eigenvalue weighted by molar-refractivity contribution is -0.712. The summed E-state index contributed by atoms with van der Waals surface area (Å²) in [6, 6.07) is 6.68. The molecule has 3 heterocycles. The standard InChI is InChI=1S/C24H29ClN4O5/c1-3-4-5-13-33-27-29(31)28-12-6-7-21(28)24(30)34-22-16(2)26-14-19-20(22)15-32-23(19)17-8-10-18(25)11-9-17/h8-11,14,21,23H,3-7,12-13,15H2,1-2H3/t21-,23-/m0/s1. The van der Waals surface area contributed by atoms with Gasteiger partial charge in [0.05, 0.1) is 23.8 Å². The second-order valence-electron chi connectivity index (χ2n) is 8.47. The number of fused-ring (bicyclic) bond motifs is 1. The Morgan fingerprint density at radius 2 is 2.15 bits per heavy atom. The second kappa shape index (κ2) is 11.0. The Morgan fingerprint density at radius 1 is 1.35 bits per heavy atom. The number of halogens is 1. The van der Waals surface area contributed by atoms with Crippen molar-refractivity contribution in [3.63, 3.8) is 0 Å². The van der Waals surface area contributed by atoms with Gasteiger partial charge in [0.15, 0.2) is 11.8 Å². The van der Waals surface area contributed by atoms with Crippen LogP contribution < -0.4 is 4.74 Å². The van der Waals surface area contributed by atoms with Crippen molar-refractivity contribution in [2.75, 3.05) is 13.2 Å². The van der Waals surface area contributed by atoms with Crippen molar-refractivity contribution in [2.24, 2.45) is 5.28 Å². The van der Waals surface area contributed by atoms with E-state index in [4.69, 9.17) is 25.9 Å². The maximum atomic E-state index is 13.1. The summed E-state index contributed by atoms with van der Waals surface area (Å²) < 4.78 is 11.8. The average Bonchev–Trinajstić information content (AvgIpc) is 3.49. The number of hydrogen-bond acceptors (Lipinski definition) is 7. The Kier molecular flexibility index (Phi) is 7.84. The summed E-state index contributed by atoms with van der Waals surface area (Å²) in [5, 5.41) is 18.0. The van der Waals surface area contributed by atoms with Crippen molar-refractivity contribution in [3.8, 4) is 5.75 Å². The lowest BCUT2D eigenvalue weighted by Gasteiger charge is -2.20. The van der Waals surface area contributed by atoms with E-state index in [1.165, 1.54) is 5.01 Å². The summed E-state index contributed by atoms with van der Waals surface area (Å²) >= 11 is 6.01. The number of benzene rings is 1. The number of carbonyl (C=O) groups excluding carboxylic acids is 1. The fourth-order valence-corrected chi connectivity index (χ4v) is 4.38. The van der Waals surface area contributed by atoms with Crippen molar-refractivity contribution in [3.05, 3.63) is 63.1 Å². The first-order valence-electron chi connectivity index (χ1n) is 11.6. The van der Waals surface area contributed by atoms with Gasteiger partial charge in [0.25, 0.3) is 0 Å². The highest BCUT2D eigenvalue weighted by Gasteiger charge is 2.40. The zero-order valence-electron chi connectivity index (χ0n) is 19.4. The summed E-state index contributed by atoms with van der Waals surface area (Å²) in [5.74, 6) is -0.135. The number of aryl methyl sites for hydroxylation is 1. The first-order valence-corrected chi connectivity index (χ1v) is 12.0. The van der Waals surface area contributed by atoms with Gasteiger partial charge in [0, 0.05) is 22.3 Å². The van der Waals surface area contributed by atoms with E-state index in [9.17, 15) is 10.0 Å². The predicted octanol–water partition coefficient (Wildman–Crippen LogP) is 5.03. The smallest absolute Gasteiger partial charge is 0.340 e. The summed E-state index contributed by atoms with van der Waals surface area (Å²) in [6.45, 7) is 4.92. The number of esters is 1. The van der Waals surface area contributed by atoms with Gasteiger partial charge in [-0.25, -0.2) is 4.79 Å². The third-order valence-corrected chi connectivity index (χ3v) is 6.34. The molecule has 34 heavy (non-hydrogen) atoms. The Labute approximate surface area is 203 Å². The van der Waals surface area contributed by atoms with Gasteiger partial charge in [0.2, 0.25) is 5.28 Å². The molecule has 0 aliphatic carbocycles. The maximum Gasteiger partial charge on any atom is 0.340 e. The minimum Gasteiger partial charge on any atom is -0.569 e. The zero-order chi connectivity index (χ0) is 24.1. The third-order valence-electron chi connectivity index (χ3n) is 6.08. The molecule has 0 spiro atoms. The topological polar surface area (TPSA) is 99.3 Å². The molecular formula is C24H29ClN4O5. The monoisotopic (exact) mass is 488 g/mol. The molecule has 1 saturated heterocycles. The van der Waals surface area contributed by atoms with Crippen LogP contribution in [-0.4, -0.2) is 40.1 Å². The van der Waals surface area contributed by atoms with Crippen LogP contribution in [0.5, 0.6) is 5.75 Å². The van der Waals surface area contributed by atoms with E-state index in [0.717, 1.165) is 36.0 Å². The third kappa shape index (κ3) is 5.26. The van der Waals surface area contributed by atoms with Gasteiger partial charge in [-0.15, -0.1) is 5.01 Å². The van der Waals surface area contributed by atoms with E-state index in [1.807, 2.05) is 24.3 Å². The maximum absolute atomic E-state index is 13.1. The molecule has 2 aliphatic heterocycles. The quantitative estimate of drug-likeness (QED) is 0.160. The number of rotatable bonds is 9. The minimum absolute atomic E-state index is 0.289. The lowest BCUT2D eigenvalue weighted by Crippen LogP contribution is -2.42. The van der Waals surface area contributed by atoms with E-state index in [1.54, 1.807) is 13.1 Å². The average molecular weight is 489 g/mol. The normalized spacial score (nSPS) is 19.9. The van der Waals surface area contributed by atoms with Crippen molar-refractivity contribution in [1.82, 2.24) is 9.99 Å². The molecule has 0 saturated carbocycles. The van der Waals surface area contributed by atoms with Crippen LogP contribution >= 0.6 is 11.6 Å². The molecule has 1 aromatic carbocycles. The fraction of sp³-hybridized carbons (Fsp3) is 0.500. The van der Waals surface area contributed by atoms with Gasteiger partial charge in [-0.1, -0.05) is 43.5 Å². The molecule has 182 valence electrons. The molecular weight excluding hydrogens is 460 g/mol. The molecule has 0 amide bonds. The van der Waals surface area contributed by atoms with Crippen LogP contribution in [0.4, 0.5) is 0 Å². The fourth-order valence-electron chi connectivity index (χ4n) is 4.25. The Bertz CT molecular complexity index is 1050. The first kappa shape index (κ1) is 24.2. The van der Waals surface area contributed by atoms with Crippen LogP contribution in [-0.2, 0) is 21.0 Å². The van der Waals surface area contributed by atoms with Crippen molar-refractivity contribution >= 4 is 17.6 Å². The molecule has 9 nitrogen and oxygen atoms in total. The van der Waals surface area contributed by atoms with Crippen LogP contribution in [0.3, 0.4) is 0 Å². The van der Waals surface area contributed by atoms with E-state index < -0.39 is 12.0 Å². The molecule has 0 radical (unpaired) electrons. The number of ether oxygens (including phenoxy) is 2. The SMILES string of the molecule is CCCCCON=[N+]([O-])N1CCC[C@H]1C(=O)Oc1c(C)ncc2c1CO[C@H]2c1ccc(Cl)cc1. The second-order valence-corrected chi connectivity index (χ2v) is 8.90. The molecule has 2 atom stereocenters. The van der Waals surface area contributed by atoms with Crippen LogP contribution in [0.25, 0.3) is 0 Å². The minimum atomic E-state index is -0.745. The molecule has 0 N–H and O–H groups in total. The molecule has 1 fully saturated rings. The highest BCUT2D eigenvalue weighted by atomic mass is 35.5. The number of aromatic nitrogens is 1. The highest BCUT2D eigenvalue weighted by Crippen LogP contribution is 2.41. The van der Waals surface area contributed by atoms with E-state index in [2.05, 4.69) is 17.2 Å². The van der Waals surface area contributed by atoms with Crippen molar-refractivity contribution < 1.29 is 24.1 Å². The molecule has 0 bridgehead atoms. The number of carbonyl (C=O) groups is 1. The van der Waals surface area contributed by atoms with E-state index in [-0.39, 0.29) is 12.7 Å². The number of pyridine rings is 1. The predicted molar refractivity (Wildman–Crippen MR) is 124 cm³/mol. The van der Waals surface area contributed by atoms with Gasteiger partial charge in [0.1, 0.15) is 12.7 Å². The lowest BCUT2D eigenvalue weighted by atomic mass is 10.0. The van der Waals surface area contributed by atoms with E-state index in [0.29, 0.717) is 47.4 Å². The van der Waals surface area contributed by atoms with E-state index >= 15 is 0 Å². The number of hydrazine groups is 1. The Balaban J connectivity index is 1.48. The van der Waals surface area contributed by atoms with Gasteiger partial charge in [-0.2, -0.15) is 0 Å². The largest absolute Gasteiger partial charge is 0.569 e. The molecule has 2 aromatic rings. The summed E-state index contributed by atoms with van der Waals surface area (Å²) in [7, 11) is 0. The summed E-state index contributed by atoms with van der Waals surface area (Å²) in [4.78, 5) is 23.0. The van der Waals surface area contributed by atoms with Crippen molar-refractivity contribution in [1.29, 1.82) is 0 Å². The van der Waals surface area contributed by atoms with Crippen LogP contribution in [0.2, 0.25) is 5.02 Å². The summed E-state index contributed by atoms with van der Waals surface area (Å²) in [5.41, 5.74) is 3.16. The highest BCUT2D eigenvalue weighted by molar-refractivity contribution is 6.30. The zero-order valence-corrected chi connectivity index (χ0v) is 20.2. The molecule has 1 aromatic heterocycles. The Morgan fingerprint density at radius 3 is 2.91 bits per heavy atom. The van der Waals surface area contributed by atoms with Crippen LogP contribution in [0, 0.1) is 12.1 Å². The molecule has 4 rings (SSSR count).